The fraction of sp³-hybridized carbons (Fsp3) is 1.00. The van der Waals surface area contributed by atoms with Gasteiger partial charge in [-0.25, -0.2) is 0 Å². The maximum absolute atomic E-state index is 5.67. The minimum Gasteiger partial charge on any atom is -0.379 e. The van der Waals surface area contributed by atoms with E-state index >= 15 is 0 Å². The molecule has 0 heterocycles. The molecule has 0 aromatic heterocycles. The van der Waals surface area contributed by atoms with Crippen molar-refractivity contribution in [3.8, 4) is 0 Å². The first-order chi connectivity index (χ1) is 28.4. The van der Waals surface area contributed by atoms with Gasteiger partial charge in [0.1, 0.15) is 0 Å². The summed E-state index contributed by atoms with van der Waals surface area (Å²) in [6, 6.07) is 0. The molecule has 0 N–H and O–H groups in total. The fourth-order valence-corrected chi connectivity index (χ4v) is 5.80. The Labute approximate surface area is 362 Å². The molecule has 0 spiro atoms. The van der Waals surface area contributed by atoms with E-state index in [0.717, 1.165) is 26.1 Å². The summed E-state index contributed by atoms with van der Waals surface area (Å²) in [5.74, 6) is 0. The van der Waals surface area contributed by atoms with Crippen molar-refractivity contribution in [1.29, 1.82) is 0 Å². The largest absolute Gasteiger partial charge is 0.379 e. The van der Waals surface area contributed by atoms with Gasteiger partial charge in [0.25, 0.3) is 0 Å². The lowest BCUT2D eigenvalue weighted by Crippen LogP contribution is -2.15. The molecule has 0 saturated carbocycles. The maximum atomic E-state index is 5.67. The Hall–Kier alpha value is 0.210. The lowest BCUT2D eigenvalue weighted by molar-refractivity contribution is -0.0290. The summed E-state index contributed by atoms with van der Waals surface area (Å²) in [7, 11) is 0. The fourth-order valence-electron chi connectivity index (χ4n) is 5.26. The zero-order valence-electron chi connectivity index (χ0n) is 36.4. The molecule has 13 nitrogen and oxygen atoms in total. The van der Waals surface area contributed by atoms with Gasteiger partial charge in [-0.2, -0.15) is 0 Å². The van der Waals surface area contributed by atoms with Crippen molar-refractivity contribution in [2.24, 2.45) is 0 Å². The smallest absolute Gasteiger partial charge is 0.0701 e. The molecule has 0 unspecified atom stereocenters. The summed E-state index contributed by atoms with van der Waals surface area (Å²) in [6.07, 6.45) is 19.8. The third kappa shape index (κ3) is 56.2. The van der Waals surface area contributed by atoms with Crippen molar-refractivity contribution in [2.75, 3.05) is 176 Å². The van der Waals surface area contributed by atoms with Crippen molar-refractivity contribution >= 4 is 22.6 Å². The SMILES string of the molecule is CCCCCCCCCCCCCOCCOCCOCCOCCOCCOCCOCCOCCOCCOCCOCCOCCOCCCCCCI. The van der Waals surface area contributed by atoms with E-state index in [9.17, 15) is 0 Å². The van der Waals surface area contributed by atoms with Gasteiger partial charge in [0.2, 0.25) is 0 Å². The predicted molar refractivity (Wildman–Crippen MR) is 234 cm³/mol. The average molecular weight is 939 g/mol. The Morgan fingerprint density at radius 2 is 0.351 bits per heavy atom. The summed E-state index contributed by atoms with van der Waals surface area (Å²) in [4.78, 5) is 0. The number of hydrogen-bond donors (Lipinski definition) is 0. The molecule has 0 aliphatic carbocycles. The standard InChI is InChI=1S/C43H87IO13/c1-2-3-4-5-6-7-8-9-10-12-15-18-45-20-22-47-24-26-49-28-30-51-32-34-53-36-38-55-40-42-57-43-41-56-39-37-54-35-33-52-31-29-50-27-25-48-23-21-46-19-16-13-11-14-17-44/h2-43H2,1H3. The van der Waals surface area contributed by atoms with Gasteiger partial charge in [0, 0.05) is 13.2 Å². The minimum atomic E-state index is 0.517. The Morgan fingerprint density at radius 3 is 0.544 bits per heavy atom. The first-order valence-corrected chi connectivity index (χ1v) is 24.0. The van der Waals surface area contributed by atoms with Gasteiger partial charge < -0.3 is 61.6 Å². The van der Waals surface area contributed by atoms with E-state index in [4.69, 9.17) is 61.6 Å². The van der Waals surface area contributed by atoms with Crippen LogP contribution in [-0.4, -0.2) is 176 Å². The molecule has 0 radical (unpaired) electrons. The lowest BCUT2D eigenvalue weighted by atomic mass is 10.1. The summed E-state index contributed by atoms with van der Waals surface area (Å²) in [5, 5.41) is 0. The van der Waals surface area contributed by atoms with Crippen LogP contribution in [0.25, 0.3) is 0 Å². The molecule has 0 aliphatic heterocycles. The van der Waals surface area contributed by atoms with Crippen molar-refractivity contribution in [1.82, 2.24) is 0 Å². The van der Waals surface area contributed by atoms with Crippen LogP contribution in [0.2, 0.25) is 0 Å². The van der Waals surface area contributed by atoms with Crippen molar-refractivity contribution in [3.05, 3.63) is 0 Å². The van der Waals surface area contributed by atoms with Gasteiger partial charge in [0.05, 0.1) is 159 Å². The van der Waals surface area contributed by atoms with Gasteiger partial charge in [-0.1, -0.05) is 107 Å². The van der Waals surface area contributed by atoms with Crippen LogP contribution in [0.1, 0.15) is 103 Å². The predicted octanol–water partition coefficient (Wildman–Crippen LogP) is 7.51. The second-order valence-corrected chi connectivity index (χ2v) is 14.7. The first kappa shape index (κ1) is 57.2. The Morgan fingerprint density at radius 1 is 0.193 bits per heavy atom. The summed E-state index contributed by atoms with van der Waals surface area (Å²) in [6.45, 7) is 17.1. The lowest BCUT2D eigenvalue weighted by Gasteiger charge is -2.09. The second kappa shape index (κ2) is 56.2. The number of hydrogen-bond acceptors (Lipinski definition) is 13. The van der Waals surface area contributed by atoms with Crippen LogP contribution < -0.4 is 0 Å². The van der Waals surface area contributed by atoms with Crippen LogP contribution in [0.3, 0.4) is 0 Å². The van der Waals surface area contributed by atoms with E-state index in [1.54, 1.807) is 0 Å². The molecule has 0 saturated heterocycles. The Kier molecular flexibility index (Phi) is 56.4. The molecule has 0 aromatic carbocycles. The van der Waals surface area contributed by atoms with E-state index in [2.05, 4.69) is 29.5 Å². The molecule has 0 atom stereocenters. The molecule has 0 amide bonds. The van der Waals surface area contributed by atoms with Crippen molar-refractivity contribution < 1.29 is 61.6 Å². The van der Waals surface area contributed by atoms with E-state index in [1.165, 1.54) is 87.9 Å². The summed E-state index contributed by atoms with van der Waals surface area (Å²) < 4.78 is 73.2. The van der Waals surface area contributed by atoms with Gasteiger partial charge >= 0.3 is 0 Å². The van der Waals surface area contributed by atoms with Crippen LogP contribution in [0.15, 0.2) is 0 Å². The maximum Gasteiger partial charge on any atom is 0.0701 e. The van der Waals surface area contributed by atoms with Gasteiger partial charge in [-0.05, 0) is 23.7 Å². The monoisotopic (exact) mass is 939 g/mol. The molecule has 0 aliphatic rings. The van der Waals surface area contributed by atoms with Gasteiger partial charge in [-0.15, -0.1) is 0 Å². The highest BCUT2D eigenvalue weighted by Gasteiger charge is 1.98. The average Bonchev–Trinajstić information content (AvgIpc) is 3.22. The molecule has 0 aromatic rings. The molecular weight excluding hydrogens is 851 g/mol. The Balaban J connectivity index is 3.05. The highest BCUT2D eigenvalue weighted by atomic mass is 127. The van der Waals surface area contributed by atoms with Crippen LogP contribution >= 0.6 is 22.6 Å². The number of rotatable bonds is 54. The molecule has 344 valence electrons. The third-order valence-corrected chi connectivity index (χ3v) is 9.29. The summed E-state index contributed by atoms with van der Waals surface area (Å²) >= 11 is 2.42. The molecule has 0 fully saturated rings. The number of alkyl halides is 1. The minimum absolute atomic E-state index is 0.517. The molecular formula is C43H87IO13. The molecule has 0 bridgehead atoms. The Bertz CT molecular complexity index is 633. The molecule has 57 heavy (non-hydrogen) atoms. The van der Waals surface area contributed by atoms with E-state index in [1.807, 2.05) is 0 Å². The van der Waals surface area contributed by atoms with E-state index in [0.29, 0.717) is 159 Å². The highest BCUT2D eigenvalue weighted by Crippen LogP contribution is 2.11. The van der Waals surface area contributed by atoms with Crippen LogP contribution in [0, 0.1) is 0 Å². The molecule has 0 rings (SSSR count). The van der Waals surface area contributed by atoms with Crippen LogP contribution in [-0.2, 0) is 61.6 Å². The first-order valence-electron chi connectivity index (χ1n) is 22.5. The summed E-state index contributed by atoms with van der Waals surface area (Å²) in [5.41, 5.74) is 0. The molecule has 14 heteroatoms. The third-order valence-electron chi connectivity index (χ3n) is 8.53. The topological polar surface area (TPSA) is 120 Å². The normalized spacial score (nSPS) is 11.7. The number of halogens is 1. The zero-order chi connectivity index (χ0) is 40.9. The van der Waals surface area contributed by atoms with Gasteiger partial charge in [-0.3, -0.25) is 0 Å². The van der Waals surface area contributed by atoms with Crippen molar-refractivity contribution in [3.63, 3.8) is 0 Å². The highest BCUT2D eigenvalue weighted by molar-refractivity contribution is 14.1. The number of ether oxygens (including phenoxy) is 13. The number of unbranched alkanes of at least 4 members (excludes halogenated alkanes) is 13. The quantitative estimate of drug-likeness (QED) is 0.0341. The van der Waals surface area contributed by atoms with Gasteiger partial charge in [0.15, 0.2) is 0 Å². The second-order valence-electron chi connectivity index (χ2n) is 13.6. The van der Waals surface area contributed by atoms with Crippen LogP contribution in [0.5, 0.6) is 0 Å². The zero-order valence-corrected chi connectivity index (χ0v) is 38.5. The van der Waals surface area contributed by atoms with Crippen molar-refractivity contribution in [2.45, 2.75) is 103 Å². The van der Waals surface area contributed by atoms with Crippen LogP contribution in [0.4, 0.5) is 0 Å². The van der Waals surface area contributed by atoms with E-state index in [-0.39, 0.29) is 0 Å². The van der Waals surface area contributed by atoms with E-state index < -0.39 is 0 Å².